The molecule has 0 aliphatic carbocycles. The number of nitrogens with one attached hydrogen (secondary N) is 1. The molecule has 3 N–H and O–H groups in total. The van der Waals surface area contributed by atoms with Crippen LogP contribution in [0, 0.1) is 11.3 Å². The van der Waals surface area contributed by atoms with Crippen molar-refractivity contribution < 1.29 is 36.6 Å². The van der Waals surface area contributed by atoms with E-state index >= 15 is 0 Å². The zero-order chi connectivity index (χ0) is 26.7. The number of phenols is 1. The number of hydrogen-bond acceptors (Lipinski definition) is 6. The van der Waals surface area contributed by atoms with Crippen LogP contribution >= 0.6 is 0 Å². The maximum atomic E-state index is 13.2. The van der Waals surface area contributed by atoms with E-state index < -0.39 is 44.4 Å². The fraction of sp³-hybridized carbons (Fsp3) is 0.200. The van der Waals surface area contributed by atoms with Gasteiger partial charge in [-0.2, -0.15) is 18.4 Å². The lowest BCUT2D eigenvalue weighted by molar-refractivity contribution is -0.137. The Labute approximate surface area is 205 Å². The first kappa shape index (κ1) is 26.7. The van der Waals surface area contributed by atoms with Crippen molar-refractivity contribution in [2.45, 2.75) is 30.0 Å². The van der Waals surface area contributed by atoms with Crippen LogP contribution in [0.4, 0.5) is 18.9 Å². The van der Waals surface area contributed by atoms with Gasteiger partial charge in [-0.15, -0.1) is 0 Å². The highest BCUT2D eigenvalue weighted by atomic mass is 32.2. The van der Waals surface area contributed by atoms with Gasteiger partial charge in [-0.1, -0.05) is 30.3 Å². The standard InChI is InChI=1S/C25H21F3N2O5S/c1-24(33,23(32)30-19-10-9-18(14-29)21(13-19)25(26,27)28)15-36(34,35)22-8-3-2-6-17(22)11-16-5-4-7-20(31)12-16/h2-10,12-13,31,33H,11,15H2,1H3,(H,30,32). The van der Waals surface area contributed by atoms with Crippen molar-refractivity contribution in [3.05, 3.63) is 89.0 Å². The number of nitriles is 1. The second-order valence-corrected chi connectivity index (χ2v) is 10.3. The maximum Gasteiger partial charge on any atom is 0.417 e. The molecule has 0 radical (unpaired) electrons. The summed E-state index contributed by atoms with van der Waals surface area (Å²) in [6.07, 6.45) is -4.72. The van der Waals surface area contributed by atoms with E-state index in [1.54, 1.807) is 24.3 Å². The Morgan fingerprint density at radius 1 is 1.06 bits per heavy atom. The number of carbonyl (C=O) groups excluding carboxylic acids is 1. The molecule has 3 rings (SSSR count). The van der Waals surface area contributed by atoms with Crippen LogP contribution in [0.15, 0.2) is 71.6 Å². The van der Waals surface area contributed by atoms with Crippen LogP contribution in [0.25, 0.3) is 0 Å². The monoisotopic (exact) mass is 518 g/mol. The first-order chi connectivity index (χ1) is 16.7. The van der Waals surface area contributed by atoms with Gasteiger partial charge in [0, 0.05) is 5.69 Å². The number of amides is 1. The third-order valence-corrected chi connectivity index (χ3v) is 7.29. The average Bonchev–Trinajstić information content (AvgIpc) is 2.78. The molecular formula is C25H21F3N2O5S. The van der Waals surface area contributed by atoms with Gasteiger partial charge >= 0.3 is 6.18 Å². The third-order valence-electron chi connectivity index (χ3n) is 5.28. The lowest BCUT2D eigenvalue weighted by Gasteiger charge is -2.23. The molecule has 0 aliphatic heterocycles. The number of rotatable bonds is 7. The lowest BCUT2D eigenvalue weighted by atomic mass is 10.0. The van der Waals surface area contributed by atoms with Crippen LogP contribution < -0.4 is 5.32 Å². The van der Waals surface area contributed by atoms with Crippen molar-refractivity contribution in [2.24, 2.45) is 0 Å². The highest BCUT2D eigenvalue weighted by molar-refractivity contribution is 7.91. The molecule has 0 bridgehead atoms. The van der Waals surface area contributed by atoms with Crippen molar-refractivity contribution in [2.75, 3.05) is 11.1 Å². The molecule has 3 aromatic rings. The average molecular weight is 519 g/mol. The van der Waals surface area contributed by atoms with Gasteiger partial charge in [0.05, 0.1) is 27.8 Å². The largest absolute Gasteiger partial charge is 0.508 e. The van der Waals surface area contributed by atoms with Gasteiger partial charge in [-0.05, 0) is 60.9 Å². The van der Waals surface area contributed by atoms with E-state index in [1.165, 1.54) is 30.3 Å². The maximum absolute atomic E-state index is 13.2. The predicted molar refractivity (Wildman–Crippen MR) is 125 cm³/mol. The summed E-state index contributed by atoms with van der Waals surface area (Å²) in [7, 11) is -4.25. The summed E-state index contributed by atoms with van der Waals surface area (Å²) in [5.74, 6) is -2.29. The van der Waals surface area contributed by atoms with Crippen LogP contribution in [0.1, 0.15) is 29.2 Å². The molecule has 0 aromatic heterocycles. The minimum absolute atomic E-state index is 0.00363. The van der Waals surface area contributed by atoms with Gasteiger partial charge in [-0.3, -0.25) is 4.79 Å². The molecule has 1 amide bonds. The minimum Gasteiger partial charge on any atom is -0.508 e. The molecule has 36 heavy (non-hydrogen) atoms. The van der Waals surface area contributed by atoms with Crippen LogP contribution in [0.5, 0.6) is 5.75 Å². The number of sulfone groups is 1. The molecule has 0 saturated carbocycles. The van der Waals surface area contributed by atoms with Crippen molar-refractivity contribution in [3.8, 4) is 11.8 Å². The number of hydrogen-bond donors (Lipinski definition) is 3. The van der Waals surface area contributed by atoms with E-state index in [4.69, 9.17) is 5.26 Å². The molecule has 1 unspecified atom stereocenters. The first-order valence-electron chi connectivity index (χ1n) is 10.5. The van der Waals surface area contributed by atoms with Gasteiger partial charge in [-0.25, -0.2) is 8.42 Å². The quantitative estimate of drug-likeness (QED) is 0.433. The molecule has 188 valence electrons. The summed E-state index contributed by atoms with van der Waals surface area (Å²) >= 11 is 0. The van der Waals surface area contributed by atoms with Gasteiger partial charge < -0.3 is 15.5 Å². The van der Waals surface area contributed by atoms with E-state index in [0.717, 1.165) is 19.1 Å². The minimum atomic E-state index is -4.86. The van der Waals surface area contributed by atoms with E-state index in [2.05, 4.69) is 5.32 Å². The number of carbonyl (C=O) groups is 1. The summed E-state index contributed by atoms with van der Waals surface area (Å²) in [4.78, 5) is 12.5. The molecular weight excluding hydrogens is 497 g/mol. The molecule has 0 fully saturated rings. The normalized spacial score (nSPS) is 13.4. The first-order valence-corrected chi connectivity index (χ1v) is 12.1. The molecule has 0 saturated heterocycles. The molecule has 0 spiro atoms. The Morgan fingerprint density at radius 2 is 1.75 bits per heavy atom. The fourth-order valence-electron chi connectivity index (χ4n) is 3.57. The summed E-state index contributed by atoms with van der Waals surface area (Å²) in [5, 5.41) is 31.3. The lowest BCUT2D eigenvalue weighted by Crippen LogP contribution is -2.46. The molecule has 0 aliphatic rings. The van der Waals surface area contributed by atoms with Crippen LogP contribution in [-0.2, 0) is 27.2 Å². The third kappa shape index (κ3) is 6.21. The molecule has 1 atom stereocenters. The second-order valence-electron chi connectivity index (χ2n) is 8.31. The number of halogens is 3. The Balaban J connectivity index is 1.85. The second kappa shape index (κ2) is 10.0. The number of aliphatic hydroxyl groups is 1. The highest BCUT2D eigenvalue weighted by Gasteiger charge is 2.38. The Hall–Kier alpha value is -3.88. The number of aromatic hydroxyl groups is 1. The van der Waals surface area contributed by atoms with Crippen molar-refractivity contribution in [1.29, 1.82) is 5.26 Å². The van der Waals surface area contributed by atoms with Crippen LogP contribution in [0.2, 0.25) is 0 Å². The summed E-state index contributed by atoms with van der Waals surface area (Å²) < 4.78 is 66.0. The van der Waals surface area contributed by atoms with Gasteiger partial charge in [0.2, 0.25) is 0 Å². The van der Waals surface area contributed by atoms with Crippen molar-refractivity contribution >= 4 is 21.4 Å². The number of alkyl halides is 3. The van der Waals surface area contributed by atoms with Crippen LogP contribution in [0.3, 0.4) is 0 Å². The molecule has 11 heteroatoms. The Morgan fingerprint density at radius 3 is 2.39 bits per heavy atom. The van der Waals surface area contributed by atoms with Crippen molar-refractivity contribution in [3.63, 3.8) is 0 Å². The number of nitrogens with zero attached hydrogens (tertiary/aromatic N) is 1. The number of anilines is 1. The fourth-order valence-corrected chi connectivity index (χ4v) is 5.42. The zero-order valence-electron chi connectivity index (χ0n) is 18.9. The topological polar surface area (TPSA) is 127 Å². The molecule has 7 nitrogen and oxygen atoms in total. The summed E-state index contributed by atoms with van der Waals surface area (Å²) in [6.45, 7) is 0.937. The van der Waals surface area contributed by atoms with E-state index in [0.29, 0.717) is 17.2 Å². The SMILES string of the molecule is CC(O)(CS(=O)(=O)c1ccccc1Cc1cccc(O)c1)C(=O)Nc1ccc(C#N)c(C(F)(F)F)c1. The highest BCUT2D eigenvalue weighted by Crippen LogP contribution is 2.34. The zero-order valence-corrected chi connectivity index (χ0v) is 19.7. The van der Waals surface area contributed by atoms with Gasteiger partial charge in [0.15, 0.2) is 15.4 Å². The molecule has 3 aromatic carbocycles. The van der Waals surface area contributed by atoms with E-state index in [9.17, 15) is 36.6 Å². The summed E-state index contributed by atoms with van der Waals surface area (Å²) in [6, 6.07) is 16.0. The number of phenolic OH excluding ortho intramolecular Hbond substituents is 1. The molecule has 0 heterocycles. The Kier molecular flexibility index (Phi) is 7.43. The van der Waals surface area contributed by atoms with Gasteiger partial charge in [0.1, 0.15) is 5.75 Å². The smallest absolute Gasteiger partial charge is 0.417 e. The van der Waals surface area contributed by atoms with Crippen molar-refractivity contribution in [1.82, 2.24) is 0 Å². The predicted octanol–water partition coefficient (Wildman–Crippen LogP) is 4.04. The van der Waals surface area contributed by atoms with E-state index in [1.807, 2.05) is 0 Å². The Bertz CT molecular complexity index is 1440. The van der Waals surface area contributed by atoms with Gasteiger partial charge in [0.25, 0.3) is 5.91 Å². The summed E-state index contributed by atoms with van der Waals surface area (Å²) in [5.41, 5.74) is -3.82. The number of benzene rings is 3. The van der Waals surface area contributed by atoms with Crippen LogP contribution in [-0.4, -0.2) is 35.9 Å². The van der Waals surface area contributed by atoms with E-state index in [-0.39, 0.29) is 22.8 Å².